The summed E-state index contributed by atoms with van der Waals surface area (Å²) in [4.78, 5) is 0. The Morgan fingerprint density at radius 2 is 1.00 bits per heavy atom. The molecule has 0 spiro atoms. The molecule has 1 unspecified atom stereocenters. The van der Waals surface area contributed by atoms with E-state index in [1.54, 1.807) is 6.92 Å². The third kappa shape index (κ3) is 14.5. The van der Waals surface area contributed by atoms with Crippen molar-refractivity contribution in [1.82, 2.24) is 0 Å². The summed E-state index contributed by atoms with van der Waals surface area (Å²) in [6.45, 7) is 1.37. The molecule has 0 aromatic carbocycles. The van der Waals surface area contributed by atoms with Gasteiger partial charge in [-0.1, -0.05) is 11.8 Å². The maximum absolute atomic E-state index is 8.99. The Labute approximate surface area is 131 Å². The van der Waals surface area contributed by atoms with E-state index in [0.717, 1.165) is 0 Å². The summed E-state index contributed by atoms with van der Waals surface area (Å²) in [6, 6.07) is 0. The van der Waals surface area contributed by atoms with Gasteiger partial charge in [-0.05, 0) is 89.8 Å². The smallest absolute Gasteiger partial charge is 0.0880 e. The molecule has 0 aliphatic heterocycles. The molecule has 0 aromatic heterocycles. The van der Waals surface area contributed by atoms with E-state index in [4.69, 9.17) is 10.2 Å². The standard InChI is InChI=1S/C20H10O2/c1-2-3-4-5-6-7-8-9-10-11-12-13-14-15-16-17-18-20(22)19-21/h20-22H,18-19H2,1H3. The second-order valence-electron chi connectivity index (χ2n) is 3.22. The molecule has 0 fully saturated rings. The SMILES string of the molecule is CC#CC#CC#CC#CC#CC#CC#CC#CCC(O)CO. The average Bonchev–Trinajstić information content (AvgIpc) is 2.54. The first-order valence-electron chi connectivity index (χ1n) is 5.99. The molecule has 0 aliphatic carbocycles. The summed E-state index contributed by atoms with van der Waals surface area (Å²) in [5.41, 5.74) is 0. The lowest BCUT2D eigenvalue weighted by Gasteiger charge is -1.97. The van der Waals surface area contributed by atoms with Crippen molar-refractivity contribution in [3.05, 3.63) is 0 Å². The number of hydrogen-bond acceptors (Lipinski definition) is 2. The van der Waals surface area contributed by atoms with Gasteiger partial charge in [0.1, 0.15) is 0 Å². The van der Waals surface area contributed by atoms with Gasteiger partial charge in [0.25, 0.3) is 0 Å². The molecule has 0 saturated carbocycles. The van der Waals surface area contributed by atoms with Crippen LogP contribution in [0.4, 0.5) is 0 Å². The zero-order valence-corrected chi connectivity index (χ0v) is 11.9. The van der Waals surface area contributed by atoms with Crippen molar-refractivity contribution in [1.29, 1.82) is 0 Å². The van der Waals surface area contributed by atoms with Crippen LogP contribution in [-0.4, -0.2) is 22.9 Å². The highest BCUT2D eigenvalue weighted by atomic mass is 16.3. The van der Waals surface area contributed by atoms with Crippen LogP contribution < -0.4 is 0 Å². The van der Waals surface area contributed by atoms with E-state index in [0.29, 0.717) is 0 Å². The van der Waals surface area contributed by atoms with Crippen LogP contribution in [-0.2, 0) is 0 Å². The Morgan fingerprint density at radius 3 is 1.36 bits per heavy atom. The highest BCUT2D eigenvalue weighted by Crippen LogP contribution is 1.85. The predicted molar refractivity (Wildman–Crippen MR) is 85.6 cm³/mol. The number of hydrogen-bond donors (Lipinski definition) is 2. The lowest BCUT2D eigenvalue weighted by molar-refractivity contribution is 0.0992. The molecule has 0 amide bonds. The summed E-state index contributed by atoms with van der Waals surface area (Å²) in [5.74, 6) is 40.1. The molecule has 0 radical (unpaired) electrons. The van der Waals surface area contributed by atoms with Gasteiger partial charge >= 0.3 is 0 Å². The van der Waals surface area contributed by atoms with E-state index in [2.05, 4.69) is 94.7 Å². The molecular formula is C20H10O2. The van der Waals surface area contributed by atoms with Gasteiger partial charge in [-0.2, -0.15) is 0 Å². The van der Waals surface area contributed by atoms with Crippen molar-refractivity contribution in [2.45, 2.75) is 19.4 Å². The van der Waals surface area contributed by atoms with Crippen LogP contribution in [0.1, 0.15) is 13.3 Å². The molecule has 0 aromatic rings. The van der Waals surface area contributed by atoms with Crippen molar-refractivity contribution in [2.24, 2.45) is 0 Å². The minimum Gasteiger partial charge on any atom is -0.394 e. The van der Waals surface area contributed by atoms with Crippen LogP contribution in [0.5, 0.6) is 0 Å². The molecule has 0 saturated heterocycles. The Kier molecular flexibility index (Phi) is 12.9. The van der Waals surface area contributed by atoms with Crippen molar-refractivity contribution in [2.75, 3.05) is 6.61 Å². The van der Waals surface area contributed by atoms with E-state index in [1.807, 2.05) is 0 Å². The Bertz CT molecular complexity index is 861. The molecule has 2 N–H and O–H groups in total. The van der Waals surface area contributed by atoms with E-state index in [-0.39, 0.29) is 13.0 Å². The monoisotopic (exact) mass is 282 g/mol. The van der Waals surface area contributed by atoms with Crippen molar-refractivity contribution in [3.63, 3.8) is 0 Å². The van der Waals surface area contributed by atoms with Gasteiger partial charge in [-0.15, -0.1) is 0 Å². The fourth-order valence-corrected chi connectivity index (χ4v) is 0.715. The first kappa shape index (κ1) is 18.4. The number of aliphatic hydroxyl groups is 2. The Hall–Kier alpha value is -3.60. The van der Waals surface area contributed by atoms with E-state index in [9.17, 15) is 0 Å². The number of aliphatic hydroxyl groups excluding tert-OH is 2. The zero-order chi connectivity index (χ0) is 16.3. The molecular weight excluding hydrogens is 272 g/mol. The van der Waals surface area contributed by atoms with Gasteiger partial charge in [0.05, 0.1) is 12.7 Å². The molecule has 0 rings (SSSR count). The van der Waals surface area contributed by atoms with Crippen molar-refractivity contribution >= 4 is 0 Å². The van der Waals surface area contributed by atoms with Gasteiger partial charge in [0, 0.05) is 6.42 Å². The lowest BCUT2D eigenvalue weighted by atomic mass is 10.3. The summed E-state index contributed by atoms with van der Waals surface area (Å²) < 4.78 is 0. The molecule has 0 aliphatic rings. The van der Waals surface area contributed by atoms with Crippen LogP contribution in [0.2, 0.25) is 0 Å². The maximum Gasteiger partial charge on any atom is 0.0880 e. The fourth-order valence-electron chi connectivity index (χ4n) is 0.715. The van der Waals surface area contributed by atoms with E-state index in [1.165, 1.54) is 0 Å². The van der Waals surface area contributed by atoms with E-state index >= 15 is 0 Å². The van der Waals surface area contributed by atoms with Gasteiger partial charge in [0.2, 0.25) is 0 Å². The minimum absolute atomic E-state index is 0.171. The molecule has 0 heterocycles. The summed E-state index contributed by atoms with van der Waals surface area (Å²) in [5, 5.41) is 17.5. The second-order valence-corrected chi connectivity index (χ2v) is 3.22. The Balaban J connectivity index is 4.25. The summed E-state index contributed by atoms with van der Waals surface area (Å²) in [7, 11) is 0. The average molecular weight is 282 g/mol. The van der Waals surface area contributed by atoms with E-state index < -0.39 is 6.10 Å². The van der Waals surface area contributed by atoms with Gasteiger partial charge in [0.15, 0.2) is 0 Å². The van der Waals surface area contributed by atoms with Crippen molar-refractivity contribution < 1.29 is 10.2 Å². The quantitative estimate of drug-likeness (QED) is 0.687. The molecule has 102 valence electrons. The maximum atomic E-state index is 8.99. The first-order chi connectivity index (χ1) is 10.8. The lowest BCUT2D eigenvalue weighted by Crippen LogP contribution is -2.09. The Morgan fingerprint density at radius 1 is 0.636 bits per heavy atom. The summed E-state index contributed by atoms with van der Waals surface area (Å²) in [6.07, 6.45) is -0.664. The summed E-state index contributed by atoms with van der Waals surface area (Å²) >= 11 is 0. The molecule has 1 atom stereocenters. The van der Waals surface area contributed by atoms with Crippen LogP contribution in [0.3, 0.4) is 0 Å². The normalized spacial score (nSPS) is 6.86. The van der Waals surface area contributed by atoms with Gasteiger partial charge in [-0.25, -0.2) is 0 Å². The highest BCUT2D eigenvalue weighted by molar-refractivity contribution is 5.45. The predicted octanol–water partition coefficient (Wildman–Crippen LogP) is -0.223. The topological polar surface area (TPSA) is 40.5 Å². The van der Waals surface area contributed by atoms with Crippen molar-refractivity contribution in [3.8, 4) is 94.7 Å². The zero-order valence-electron chi connectivity index (χ0n) is 11.9. The van der Waals surface area contributed by atoms with Crippen LogP contribution >= 0.6 is 0 Å². The third-order valence-corrected chi connectivity index (χ3v) is 1.57. The van der Waals surface area contributed by atoms with Crippen LogP contribution in [0, 0.1) is 94.7 Å². The first-order valence-corrected chi connectivity index (χ1v) is 5.99. The highest BCUT2D eigenvalue weighted by Gasteiger charge is 1.95. The number of rotatable bonds is 2. The molecule has 22 heavy (non-hydrogen) atoms. The largest absolute Gasteiger partial charge is 0.394 e. The fraction of sp³-hybridized carbons (Fsp3) is 0.200. The molecule has 2 nitrogen and oxygen atoms in total. The molecule has 2 heteroatoms. The third-order valence-electron chi connectivity index (χ3n) is 1.57. The minimum atomic E-state index is -0.835. The van der Waals surface area contributed by atoms with Crippen LogP contribution in [0.25, 0.3) is 0 Å². The second kappa shape index (κ2) is 15.5. The van der Waals surface area contributed by atoms with Crippen LogP contribution in [0.15, 0.2) is 0 Å². The molecule has 0 bridgehead atoms. The van der Waals surface area contributed by atoms with Gasteiger partial charge in [-0.3, -0.25) is 0 Å². The van der Waals surface area contributed by atoms with Gasteiger partial charge < -0.3 is 10.2 Å².